The molecule has 0 radical (unpaired) electrons. The van der Waals surface area contributed by atoms with Gasteiger partial charge in [-0.15, -0.1) is 11.3 Å². The molecule has 0 aliphatic carbocycles. The fourth-order valence-electron chi connectivity index (χ4n) is 2.81. The molecule has 1 N–H and O–H groups in total. The van der Waals surface area contributed by atoms with Crippen LogP contribution in [0.2, 0.25) is 0 Å². The second-order valence-electron chi connectivity index (χ2n) is 5.35. The summed E-state index contributed by atoms with van der Waals surface area (Å²) < 4.78 is 0. The summed E-state index contributed by atoms with van der Waals surface area (Å²) in [6, 6.07) is 13.1. The lowest BCUT2D eigenvalue weighted by Crippen LogP contribution is -2.22. The standard InChI is InChI=1S/C18H20N2S/c1-4-19-18(14-10-13(3)21-11-14)16-9-12(2)20-17-8-6-5-7-15(16)17/h5-11,18-19H,4H2,1-3H3. The number of fused-ring (bicyclic) bond motifs is 1. The molecule has 1 atom stereocenters. The third-order valence-electron chi connectivity index (χ3n) is 3.68. The van der Waals surface area contributed by atoms with Crippen molar-refractivity contribution in [2.45, 2.75) is 26.8 Å². The van der Waals surface area contributed by atoms with Gasteiger partial charge in [-0.1, -0.05) is 25.1 Å². The Morgan fingerprint density at radius 1 is 1.19 bits per heavy atom. The second kappa shape index (κ2) is 5.96. The average molecular weight is 296 g/mol. The Hall–Kier alpha value is -1.71. The Labute approximate surface area is 129 Å². The van der Waals surface area contributed by atoms with Crippen molar-refractivity contribution < 1.29 is 0 Å². The van der Waals surface area contributed by atoms with Crippen molar-refractivity contribution in [3.05, 3.63) is 63.5 Å². The Morgan fingerprint density at radius 2 is 2.00 bits per heavy atom. The number of benzene rings is 1. The number of nitrogens with zero attached hydrogens (tertiary/aromatic N) is 1. The molecular formula is C18H20N2S. The lowest BCUT2D eigenvalue weighted by atomic mass is 9.96. The molecule has 0 saturated carbocycles. The van der Waals surface area contributed by atoms with Gasteiger partial charge in [-0.05, 0) is 55.1 Å². The predicted octanol–water partition coefficient (Wildman–Crippen LogP) is 4.61. The number of para-hydroxylation sites is 1. The normalized spacial score (nSPS) is 12.7. The Kier molecular flexibility index (Phi) is 4.04. The third-order valence-corrected chi connectivity index (χ3v) is 4.56. The Morgan fingerprint density at radius 3 is 2.71 bits per heavy atom. The van der Waals surface area contributed by atoms with E-state index in [-0.39, 0.29) is 6.04 Å². The summed E-state index contributed by atoms with van der Waals surface area (Å²) >= 11 is 1.81. The summed E-state index contributed by atoms with van der Waals surface area (Å²) in [7, 11) is 0. The number of hydrogen-bond acceptors (Lipinski definition) is 3. The van der Waals surface area contributed by atoms with Crippen molar-refractivity contribution in [3.63, 3.8) is 0 Å². The topological polar surface area (TPSA) is 24.9 Å². The molecule has 0 fully saturated rings. The fraction of sp³-hybridized carbons (Fsp3) is 0.278. The fourth-order valence-corrected chi connectivity index (χ4v) is 3.54. The molecule has 2 heterocycles. The smallest absolute Gasteiger partial charge is 0.0708 e. The minimum absolute atomic E-state index is 0.228. The molecule has 0 spiro atoms. The van der Waals surface area contributed by atoms with Crippen LogP contribution in [0.25, 0.3) is 10.9 Å². The molecule has 0 bridgehead atoms. The molecule has 1 unspecified atom stereocenters. The zero-order valence-electron chi connectivity index (χ0n) is 12.7. The first-order valence-corrected chi connectivity index (χ1v) is 8.21. The molecule has 0 saturated heterocycles. The highest BCUT2D eigenvalue weighted by Crippen LogP contribution is 2.31. The monoisotopic (exact) mass is 296 g/mol. The number of aryl methyl sites for hydroxylation is 2. The molecule has 0 aliphatic heterocycles. The first-order valence-electron chi connectivity index (χ1n) is 7.33. The van der Waals surface area contributed by atoms with Crippen molar-refractivity contribution in [3.8, 4) is 0 Å². The minimum Gasteiger partial charge on any atom is -0.306 e. The highest BCUT2D eigenvalue weighted by molar-refractivity contribution is 7.10. The largest absolute Gasteiger partial charge is 0.306 e. The summed E-state index contributed by atoms with van der Waals surface area (Å²) in [6.45, 7) is 7.32. The number of aromatic nitrogens is 1. The van der Waals surface area contributed by atoms with Gasteiger partial charge >= 0.3 is 0 Å². The van der Waals surface area contributed by atoms with Crippen molar-refractivity contribution in [2.75, 3.05) is 6.54 Å². The van der Waals surface area contributed by atoms with Crippen LogP contribution in [-0.2, 0) is 0 Å². The third kappa shape index (κ3) is 2.85. The van der Waals surface area contributed by atoms with Gasteiger partial charge in [0.25, 0.3) is 0 Å². The van der Waals surface area contributed by atoms with Gasteiger partial charge in [0.2, 0.25) is 0 Å². The SMILES string of the molecule is CCNC(c1csc(C)c1)c1cc(C)nc2ccccc12. The lowest BCUT2D eigenvalue weighted by molar-refractivity contribution is 0.635. The summed E-state index contributed by atoms with van der Waals surface area (Å²) in [4.78, 5) is 6.00. The van der Waals surface area contributed by atoms with E-state index in [1.165, 1.54) is 21.4 Å². The quantitative estimate of drug-likeness (QED) is 0.760. The molecule has 3 aromatic rings. The summed E-state index contributed by atoms with van der Waals surface area (Å²) in [5, 5.41) is 7.12. The van der Waals surface area contributed by atoms with Crippen molar-refractivity contribution in [1.29, 1.82) is 0 Å². The summed E-state index contributed by atoms with van der Waals surface area (Å²) in [5.74, 6) is 0. The molecule has 2 aromatic heterocycles. The number of pyridine rings is 1. The van der Waals surface area contributed by atoms with Gasteiger partial charge in [-0.25, -0.2) is 0 Å². The number of hydrogen-bond donors (Lipinski definition) is 1. The van der Waals surface area contributed by atoms with E-state index in [9.17, 15) is 0 Å². The van der Waals surface area contributed by atoms with E-state index in [1.807, 2.05) is 11.3 Å². The van der Waals surface area contributed by atoms with E-state index in [4.69, 9.17) is 0 Å². The zero-order valence-corrected chi connectivity index (χ0v) is 13.5. The Balaban J connectivity index is 2.19. The van der Waals surface area contributed by atoms with Crippen LogP contribution in [0.15, 0.2) is 41.8 Å². The zero-order chi connectivity index (χ0) is 14.8. The van der Waals surface area contributed by atoms with Gasteiger partial charge in [-0.3, -0.25) is 4.98 Å². The van der Waals surface area contributed by atoms with Crippen LogP contribution < -0.4 is 5.32 Å². The molecule has 0 aliphatic rings. The van der Waals surface area contributed by atoms with Crippen molar-refractivity contribution >= 4 is 22.2 Å². The van der Waals surface area contributed by atoms with E-state index < -0.39 is 0 Å². The highest BCUT2D eigenvalue weighted by atomic mass is 32.1. The molecule has 21 heavy (non-hydrogen) atoms. The van der Waals surface area contributed by atoms with Crippen LogP contribution in [0.4, 0.5) is 0 Å². The lowest BCUT2D eigenvalue weighted by Gasteiger charge is -2.20. The molecule has 3 heteroatoms. The molecule has 108 valence electrons. The maximum atomic E-state index is 4.65. The minimum atomic E-state index is 0.228. The van der Waals surface area contributed by atoms with Crippen LogP contribution in [-0.4, -0.2) is 11.5 Å². The van der Waals surface area contributed by atoms with E-state index in [1.54, 1.807) is 0 Å². The summed E-state index contributed by atoms with van der Waals surface area (Å²) in [5.41, 5.74) is 4.80. The molecule has 1 aromatic carbocycles. The average Bonchev–Trinajstić information content (AvgIpc) is 2.90. The van der Waals surface area contributed by atoms with Crippen molar-refractivity contribution in [1.82, 2.24) is 10.3 Å². The molecule has 0 amide bonds. The molecule has 2 nitrogen and oxygen atoms in total. The highest BCUT2D eigenvalue weighted by Gasteiger charge is 2.17. The maximum absolute atomic E-state index is 4.65. The van der Waals surface area contributed by atoms with Gasteiger partial charge in [0.05, 0.1) is 11.6 Å². The van der Waals surface area contributed by atoms with Crippen LogP contribution in [0.1, 0.15) is 34.7 Å². The summed E-state index contributed by atoms with van der Waals surface area (Å²) in [6.07, 6.45) is 0. The predicted molar refractivity (Wildman–Crippen MR) is 91.1 cm³/mol. The number of thiophene rings is 1. The van der Waals surface area contributed by atoms with Gasteiger partial charge in [0.1, 0.15) is 0 Å². The first-order chi connectivity index (χ1) is 10.2. The van der Waals surface area contributed by atoms with E-state index >= 15 is 0 Å². The van der Waals surface area contributed by atoms with Gasteiger partial charge in [0.15, 0.2) is 0 Å². The van der Waals surface area contributed by atoms with E-state index in [0.717, 1.165) is 17.8 Å². The molecular weight excluding hydrogens is 276 g/mol. The van der Waals surface area contributed by atoms with Crippen molar-refractivity contribution in [2.24, 2.45) is 0 Å². The van der Waals surface area contributed by atoms with Crippen LogP contribution in [0, 0.1) is 13.8 Å². The van der Waals surface area contributed by atoms with E-state index in [0.29, 0.717) is 0 Å². The molecule has 3 rings (SSSR count). The Bertz CT molecular complexity index is 761. The van der Waals surface area contributed by atoms with Gasteiger partial charge in [-0.2, -0.15) is 0 Å². The first kappa shape index (κ1) is 14.2. The van der Waals surface area contributed by atoms with Crippen LogP contribution in [0.3, 0.4) is 0 Å². The van der Waals surface area contributed by atoms with E-state index in [2.05, 4.69) is 72.9 Å². The maximum Gasteiger partial charge on any atom is 0.0708 e. The van der Waals surface area contributed by atoms with Gasteiger partial charge < -0.3 is 5.32 Å². The van der Waals surface area contributed by atoms with Gasteiger partial charge in [0, 0.05) is 16.0 Å². The van der Waals surface area contributed by atoms with Crippen LogP contribution >= 0.6 is 11.3 Å². The number of rotatable bonds is 4. The van der Waals surface area contributed by atoms with Crippen LogP contribution in [0.5, 0.6) is 0 Å². The number of nitrogens with one attached hydrogen (secondary N) is 1. The second-order valence-corrected chi connectivity index (χ2v) is 6.47.